The summed E-state index contributed by atoms with van der Waals surface area (Å²) in [6.45, 7) is 3.98. The Labute approximate surface area is 132 Å². The van der Waals surface area contributed by atoms with Gasteiger partial charge in [0.2, 0.25) is 5.91 Å². The fourth-order valence-electron chi connectivity index (χ4n) is 3.41. The van der Waals surface area contributed by atoms with E-state index in [9.17, 15) is 4.79 Å². The molecule has 0 N–H and O–H groups in total. The number of carbonyl (C=O) groups is 1. The van der Waals surface area contributed by atoms with E-state index < -0.39 is 0 Å². The standard InChI is InChI=1S/C17H26N4O/c1-19(15-6-8-17(22)20(2)13-15)12-14-5-7-16(18-11-14)21-9-3-4-10-21/h5,7,11,15H,3-4,6,8-10,12-13H2,1-2H3. The lowest BCUT2D eigenvalue weighted by atomic mass is 10.0. The highest BCUT2D eigenvalue weighted by Crippen LogP contribution is 2.20. The number of aromatic nitrogens is 1. The van der Waals surface area contributed by atoms with Gasteiger partial charge in [-0.15, -0.1) is 0 Å². The highest BCUT2D eigenvalue weighted by atomic mass is 16.2. The van der Waals surface area contributed by atoms with E-state index in [-0.39, 0.29) is 5.91 Å². The maximum absolute atomic E-state index is 11.6. The van der Waals surface area contributed by atoms with E-state index >= 15 is 0 Å². The van der Waals surface area contributed by atoms with Crippen molar-refractivity contribution in [1.29, 1.82) is 0 Å². The number of pyridine rings is 1. The molecule has 0 radical (unpaired) electrons. The first-order valence-corrected chi connectivity index (χ1v) is 8.27. The Kier molecular flexibility index (Phi) is 4.62. The number of likely N-dealkylation sites (tertiary alicyclic amines) is 1. The van der Waals surface area contributed by atoms with Gasteiger partial charge in [-0.2, -0.15) is 0 Å². The van der Waals surface area contributed by atoms with E-state index in [0.717, 1.165) is 38.4 Å². The molecule has 3 rings (SSSR count). The molecule has 1 atom stereocenters. The summed E-state index contributed by atoms with van der Waals surface area (Å²) in [5, 5.41) is 0. The Bertz CT molecular complexity index is 510. The predicted molar refractivity (Wildman–Crippen MR) is 87.8 cm³/mol. The molecule has 120 valence electrons. The average molecular weight is 302 g/mol. The van der Waals surface area contributed by atoms with Crippen molar-refractivity contribution in [2.24, 2.45) is 0 Å². The Morgan fingerprint density at radius 1 is 1.32 bits per heavy atom. The van der Waals surface area contributed by atoms with E-state index in [1.165, 1.54) is 18.4 Å². The van der Waals surface area contributed by atoms with Crippen molar-refractivity contribution in [3.05, 3.63) is 23.9 Å². The van der Waals surface area contributed by atoms with Gasteiger partial charge in [-0.05, 0) is 37.9 Å². The molecule has 5 nitrogen and oxygen atoms in total. The smallest absolute Gasteiger partial charge is 0.222 e. The van der Waals surface area contributed by atoms with Gasteiger partial charge in [-0.25, -0.2) is 4.98 Å². The molecule has 22 heavy (non-hydrogen) atoms. The zero-order valence-electron chi connectivity index (χ0n) is 13.7. The first-order chi connectivity index (χ1) is 10.6. The van der Waals surface area contributed by atoms with Crippen LogP contribution in [0.25, 0.3) is 0 Å². The Hall–Kier alpha value is -1.62. The summed E-state index contributed by atoms with van der Waals surface area (Å²) in [5.74, 6) is 1.37. The SMILES string of the molecule is CN1CC(N(C)Cc2ccc(N3CCCC3)nc2)CCC1=O. The van der Waals surface area contributed by atoms with Crippen molar-refractivity contribution in [3.8, 4) is 0 Å². The maximum atomic E-state index is 11.6. The monoisotopic (exact) mass is 302 g/mol. The molecule has 1 amide bonds. The number of rotatable bonds is 4. The van der Waals surface area contributed by atoms with Gasteiger partial charge in [0.05, 0.1) is 0 Å². The number of nitrogens with zero attached hydrogens (tertiary/aromatic N) is 4. The van der Waals surface area contributed by atoms with Crippen molar-refractivity contribution >= 4 is 11.7 Å². The van der Waals surface area contributed by atoms with Crippen molar-refractivity contribution in [3.63, 3.8) is 0 Å². The Morgan fingerprint density at radius 3 is 2.73 bits per heavy atom. The molecule has 0 spiro atoms. The van der Waals surface area contributed by atoms with Crippen LogP contribution in [0.5, 0.6) is 0 Å². The van der Waals surface area contributed by atoms with Gasteiger partial charge in [0.15, 0.2) is 0 Å². The van der Waals surface area contributed by atoms with Crippen LogP contribution >= 0.6 is 0 Å². The summed E-state index contributed by atoms with van der Waals surface area (Å²) in [5.41, 5.74) is 1.24. The third-order valence-electron chi connectivity index (χ3n) is 4.90. The second-order valence-corrected chi connectivity index (χ2v) is 6.60. The molecule has 1 unspecified atom stereocenters. The van der Waals surface area contributed by atoms with E-state index in [4.69, 9.17) is 0 Å². The van der Waals surface area contributed by atoms with Crippen LogP contribution in [0.3, 0.4) is 0 Å². The fourth-order valence-corrected chi connectivity index (χ4v) is 3.41. The molecule has 2 aliphatic heterocycles. The van der Waals surface area contributed by atoms with Gasteiger partial charge >= 0.3 is 0 Å². The molecular weight excluding hydrogens is 276 g/mol. The van der Waals surface area contributed by atoms with Crippen LogP contribution in [0.4, 0.5) is 5.82 Å². The highest BCUT2D eigenvalue weighted by Gasteiger charge is 2.25. The molecule has 2 saturated heterocycles. The number of carbonyl (C=O) groups excluding carboxylic acids is 1. The number of piperidine rings is 1. The second-order valence-electron chi connectivity index (χ2n) is 6.60. The van der Waals surface area contributed by atoms with E-state index in [0.29, 0.717) is 12.5 Å². The number of hydrogen-bond acceptors (Lipinski definition) is 4. The lowest BCUT2D eigenvalue weighted by molar-refractivity contribution is -0.133. The van der Waals surface area contributed by atoms with Crippen molar-refractivity contribution < 1.29 is 4.79 Å². The Balaban J connectivity index is 1.57. The first-order valence-electron chi connectivity index (χ1n) is 8.27. The molecule has 5 heteroatoms. The van der Waals surface area contributed by atoms with Crippen LogP contribution < -0.4 is 4.90 Å². The minimum Gasteiger partial charge on any atom is -0.357 e. The average Bonchev–Trinajstić information content (AvgIpc) is 3.05. The zero-order chi connectivity index (χ0) is 15.5. The molecule has 0 bridgehead atoms. The molecule has 1 aromatic heterocycles. The van der Waals surface area contributed by atoms with Gasteiger partial charge in [-0.1, -0.05) is 6.07 Å². The lowest BCUT2D eigenvalue weighted by Gasteiger charge is -2.35. The second kappa shape index (κ2) is 6.65. The topological polar surface area (TPSA) is 39.7 Å². The van der Waals surface area contributed by atoms with Crippen LogP contribution in [0.15, 0.2) is 18.3 Å². The summed E-state index contributed by atoms with van der Waals surface area (Å²) < 4.78 is 0. The van der Waals surface area contributed by atoms with Crippen molar-refractivity contribution in [1.82, 2.24) is 14.8 Å². The normalized spacial score (nSPS) is 22.7. The van der Waals surface area contributed by atoms with E-state index in [2.05, 4.69) is 34.0 Å². The summed E-state index contributed by atoms with van der Waals surface area (Å²) >= 11 is 0. The van der Waals surface area contributed by atoms with Crippen LogP contribution in [-0.4, -0.2) is 60.5 Å². The number of hydrogen-bond donors (Lipinski definition) is 0. The largest absolute Gasteiger partial charge is 0.357 e. The zero-order valence-corrected chi connectivity index (χ0v) is 13.7. The van der Waals surface area contributed by atoms with Gasteiger partial charge in [0, 0.05) is 51.9 Å². The third-order valence-corrected chi connectivity index (χ3v) is 4.90. The van der Waals surface area contributed by atoms with Crippen LogP contribution in [0.1, 0.15) is 31.2 Å². The Morgan fingerprint density at radius 2 is 2.09 bits per heavy atom. The van der Waals surface area contributed by atoms with E-state index in [1.807, 2.05) is 18.1 Å². The molecule has 2 fully saturated rings. The summed E-state index contributed by atoms with van der Waals surface area (Å²) in [4.78, 5) is 22.7. The third kappa shape index (κ3) is 3.40. The number of anilines is 1. The van der Waals surface area contributed by atoms with Gasteiger partial charge in [0.25, 0.3) is 0 Å². The molecule has 1 aromatic rings. The molecule has 0 aliphatic carbocycles. The lowest BCUT2D eigenvalue weighted by Crippen LogP contribution is -2.47. The summed E-state index contributed by atoms with van der Waals surface area (Å²) in [6.07, 6.45) is 6.18. The molecule has 0 aromatic carbocycles. The number of amides is 1. The molecular formula is C17H26N4O. The van der Waals surface area contributed by atoms with Crippen LogP contribution in [-0.2, 0) is 11.3 Å². The minimum atomic E-state index is 0.265. The highest BCUT2D eigenvalue weighted by molar-refractivity contribution is 5.76. The van der Waals surface area contributed by atoms with Crippen molar-refractivity contribution in [2.75, 3.05) is 38.6 Å². The van der Waals surface area contributed by atoms with Crippen LogP contribution in [0, 0.1) is 0 Å². The molecule has 0 saturated carbocycles. The fraction of sp³-hybridized carbons (Fsp3) is 0.647. The molecule has 2 aliphatic rings. The number of likely N-dealkylation sites (N-methyl/N-ethyl adjacent to an activating group) is 2. The minimum absolute atomic E-state index is 0.265. The van der Waals surface area contributed by atoms with Gasteiger partial charge in [0.1, 0.15) is 5.82 Å². The quantitative estimate of drug-likeness (QED) is 0.849. The maximum Gasteiger partial charge on any atom is 0.222 e. The van der Waals surface area contributed by atoms with E-state index in [1.54, 1.807) is 0 Å². The van der Waals surface area contributed by atoms with Gasteiger partial charge in [-0.3, -0.25) is 9.69 Å². The summed E-state index contributed by atoms with van der Waals surface area (Å²) in [7, 11) is 4.04. The van der Waals surface area contributed by atoms with Crippen LogP contribution in [0.2, 0.25) is 0 Å². The molecule has 3 heterocycles. The van der Waals surface area contributed by atoms with Crippen molar-refractivity contribution in [2.45, 2.75) is 38.3 Å². The summed E-state index contributed by atoms with van der Waals surface area (Å²) in [6, 6.07) is 4.78. The van der Waals surface area contributed by atoms with Gasteiger partial charge < -0.3 is 9.80 Å². The predicted octanol–water partition coefficient (Wildman–Crippen LogP) is 1.73. The first kappa shape index (κ1) is 15.3.